The zero-order valence-electron chi connectivity index (χ0n) is 11.6. The molecule has 1 aliphatic heterocycles. The van der Waals surface area contributed by atoms with Gasteiger partial charge in [0.05, 0.1) is 4.92 Å². The Hall–Kier alpha value is -1.23. The molecule has 19 heavy (non-hydrogen) atoms. The Morgan fingerprint density at radius 1 is 1.47 bits per heavy atom. The van der Waals surface area contributed by atoms with Crippen LogP contribution in [0, 0.1) is 22.5 Å². The van der Waals surface area contributed by atoms with Crippen LogP contribution in [0.2, 0.25) is 0 Å². The summed E-state index contributed by atoms with van der Waals surface area (Å²) in [7, 11) is 0. The van der Waals surface area contributed by atoms with Crippen molar-refractivity contribution < 1.29 is 4.92 Å². The van der Waals surface area contributed by atoms with Crippen LogP contribution in [0.3, 0.4) is 0 Å². The summed E-state index contributed by atoms with van der Waals surface area (Å²) in [6.07, 6.45) is 1.10. The van der Waals surface area contributed by atoms with Gasteiger partial charge in [0.15, 0.2) is 0 Å². The molecule has 0 aromatic heterocycles. The number of nitro groups is 1. The molecule has 1 N–H and O–H groups in total. The highest BCUT2D eigenvalue weighted by Crippen LogP contribution is 2.35. The van der Waals surface area contributed by atoms with Crippen LogP contribution in [0.4, 0.5) is 11.4 Å². The lowest BCUT2D eigenvalue weighted by atomic mass is 9.87. The topological polar surface area (TPSA) is 55.2 Å². The van der Waals surface area contributed by atoms with E-state index in [2.05, 4.69) is 19.2 Å². The van der Waals surface area contributed by atoms with E-state index in [1.807, 2.05) is 24.8 Å². The molecule has 5 heteroatoms. The van der Waals surface area contributed by atoms with Gasteiger partial charge in [0, 0.05) is 29.1 Å². The summed E-state index contributed by atoms with van der Waals surface area (Å²) in [5.41, 5.74) is 2.13. The zero-order valence-corrected chi connectivity index (χ0v) is 12.4. The van der Waals surface area contributed by atoms with Gasteiger partial charge in [-0.15, -0.1) is 0 Å². The third-order valence-electron chi connectivity index (χ3n) is 3.47. The Balaban J connectivity index is 2.15. The third-order valence-corrected chi connectivity index (χ3v) is 5.10. The summed E-state index contributed by atoms with van der Waals surface area (Å²) in [5.74, 6) is 2.24. The molecule has 2 rings (SSSR count). The first-order valence-electron chi connectivity index (χ1n) is 6.47. The van der Waals surface area contributed by atoms with Crippen molar-refractivity contribution in [3.05, 3.63) is 33.9 Å². The molecule has 0 aliphatic carbocycles. The van der Waals surface area contributed by atoms with E-state index in [-0.39, 0.29) is 10.6 Å². The van der Waals surface area contributed by atoms with Crippen molar-refractivity contribution >= 4 is 23.1 Å². The second kappa shape index (κ2) is 5.41. The summed E-state index contributed by atoms with van der Waals surface area (Å²) in [6.45, 7) is 6.35. The van der Waals surface area contributed by atoms with Gasteiger partial charge >= 0.3 is 0 Å². The van der Waals surface area contributed by atoms with Crippen molar-refractivity contribution in [3.63, 3.8) is 0 Å². The first-order valence-corrected chi connectivity index (χ1v) is 7.63. The van der Waals surface area contributed by atoms with E-state index in [1.165, 1.54) is 5.75 Å². The lowest BCUT2D eigenvalue weighted by Crippen LogP contribution is -2.35. The summed E-state index contributed by atoms with van der Waals surface area (Å²) >= 11 is 1.95. The average molecular weight is 280 g/mol. The zero-order chi connectivity index (χ0) is 14.0. The highest BCUT2D eigenvalue weighted by molar-refractivity contribution is 7.99. The van der Waals surface area contributed by atoms with Gasteiger partial charge in [0.25, 0.3) is 5.69 Å². The van der Waals surface area contributed by atoms with Gasteiger partial charge < -0.3 is 5.32 Å². The summed E-state index contributed by atoms with van der Waals surface area (Å²) in [4.78, 5) is 10.6. The number of nitrogens with one attached hydrogen (secondary N) is 1. The van der Waals surface area contributed by atoms with Crippen LogP contribution in [0.15, 0.2) is 18.2 Å². The smallest absolute Gasteiger partial charge is 0.274 e. The lowest BCUT2D eigenvalue weighted by molar-refractivity contribution is -0.385. The number of hydrogen-bond donors (Lipinski definition) is 1. The summed E-state index contributed by atoms with van der Waals surface area (Å²) in [5, 5.41) is 14.4. The van der Waals surface area contributed by atoms with E-state index in [0.29, 0.717) is 11.5 Å². The molecular formula is C14H20N2O2S. The molecule has 1 fully saturated rings. The Morgan fingerprint density at radius 3 is 2.84 bits per heavy atom. The van der Waals surface area contributed by atoms with Crippen molar-refractivity contribution in [1.82, 2.24) is 0 Å². The summed E-state index contributed by atoms with van der Waals surface area (Å²) in [6, 6.07) is 5.61. The lowest BCUT2D eigenvalue weighted by Gasteiger charge is -2.35. The normalized spacial score (nSPS) is 21.9. The van der Waals surface area contributed by atoms with E-state index in [9.17, 15) is 10.1 Å². The van der Waals surface area contributed by atoms with Crippen molar-refractivity contribution in [2.45, 2.75) is 33.2 Å². The molecule has 1 aliphatic rings. The minimum atomic E-state index is -0.319. The molecule has 1 unspecified atom stereocenters. The van der Waals surface area contributed by atoms with Crippen LogP contribution in [-0.2, 0) is 0 Å². The van der Waals surface area contributed by atoms with Gasteiger partial charge in [-0.05, 0) is 30.6 Å². The number of benzene rings is 1. The minimum Gasteiger partial charge on any atom is -0.381 e. The Morgan fingerprint density at radius 2 is 2.21 bits per heavy atom. The maximum absolute atomic E-state index is 10.9. The van der Waals surface area contributed by atoms with Gasteiger partial charge in [-0.1, -0.05) is 19.9 Å². The first-order chi connectivity index (χ1) is 8.89. The van der Waals surface area contributed by atoms with E-state index in [1.54, 1.807) is 12.1 Å². The molecule has 1 saturated heterocycles. The van der Waals surface area contributed by atoms with Crippen molar-refractivity contribution in [2.24, 2.45) is 5.41 Å². The fraction of sp³-hybridized carbons (Fsp3) is 0.571. The molecule has 104 valence electrons. The van der Waals surface area contributed by atoms with Crippen molar-refractivity contribution in [1.29, 1.82) is 0 Å². The fourth-order valence-electron chi connectivity index (χ4n) is 2.55. The largest absolute Gasteiger partial charge is 0.381 e. The quantitative estimate of drug-likeness (QED) is 0.675. The summed E-state index contributed by atoms with van der Waals surface area (Å²) < 4.78 is 0. The maximum Gasteiger partial charge on any atom is 0.274 e. The predicted octanol–water partition coefficient (Wildman–Crippen LogP) is 3.85. The number of thioether (sulfide) groups is 1. The molecule has 1 heterocycles. The monoisotopic (exact) mass is 280 g/mol. The van der Waals surface area contributed by atoms with Gasteiger partial charge in [-0.3, -0.25) is 10.1 Å². The van der Waals surface area contributed by atoms with Crippen molar-refractivity contribution in [2.75, 3.05) is 16.8 Å². The Labute approximate surface area is 118 Å². The second-order valence-electron chi connectivity index (χ2n) is 5.93. The molecule has 0 saturated carbocycles. The molecule has 1 atom stereocenters. The van der Waals surface area contributed by atoms with Gasteiger partial charge in [0.2, 0.25) is 0 Å². The molecular weight excluding hydrogens is 260 g/mol. The molecule has 0 bridgehead atoms. The van der Waals surface area contributed by atoms with Gasteiger partial charge in [0.1, 0.15) is 0 Å². The van der Waals surface area contributed by atoms with Crippen LogP contribution in [0.25, 0.3) is 0 Å². The highest BCUT2D eigenvalue weighted by Gasteiger charge is 2.29. The molecule has 1 aromatic rings. The van der Waals surface area contributed by atoms with Crippen LogP contribution in [0.5, 0.6) is 0 Å². The van der Waals surface area contributed by atoms with Crippen LogP contribution < -0.4 is 5.32 Å². The number of hydrogen-bond acceptors (Lipinski definition) is 4. The van der Waals surface area contributed by atoms with Crippen LogP contribution in [0.1, 0.15) is 25.8 Å². The van der Waals surface area contributed by atoms with E-state index in [0.717, 1.165) is 23.4 Å². The SMILES string of the molecule is Cc1c(NC2CSCC(C)(C)C2)cccc1[N+](=O)[O-]. The minimum absolute atomic E-state index is 0.188. The average Bonchev–Trinajstić information content (AvgIpc) is 2.30. The molecule has 1 aromatic carbocycles. The second-order valence-corrected chi connectivity index (χ2v) is 6.96. The number of anilines is 1. The Bertz CT molecular complexity index is 488. The Kier molecular flexibility index (Phi) is 4.04. The first kappa shape index (κ1) is 14.2. The number of rotatable bonds is 3. The van der Waals surface area contributed by atoms with E-state index < -0.39 is 0 Å². The van der Waals surface area contributed by atoms with Crippen molar-refractivity contribution in [3.8, 4) is 0 Å². The van der Waals surface area contributed by atoms with Gasteiger partial charge in [-0.25, -0.2) is 0 Å². The number of nitro benzene ring substituents is 1. The molecule has 4 nitrogen and oxygen atoms in total. The van der Waals surface area contributed by atoms with E-state index >= 15 is 0 Å². The van der Waals surface area contributed by atoms with Crippen LogP contribution >= 0.6 is 11.8 Å². The predicted molar refractivity (Wildman–Crippen MR) is 81.0 cm³/mol. The number of nitrogens with zero attached hydrogens (tertiary/aromatic N) is 1. The molecule has 0 amide bonds. The van der Waals surface area contributed by atoms with Gasteiger partial charge in [-0.2, -0.15) is 11.8 Å². The fourth-order valence-corrected chi connectivity index (χ4v) is 3.83. The third kappa shape index (κ3) is 3.41. The van der Waals surface area contributed by atoms with Crippen LogP contribution in [-0.4, -0.2) is 22.5 Å². The highest BCUT2D eigenvalue weighted by atomic mass is 32.2. The molecule has 0 spiro atoms. The maximum atomic E-state index is 10.9. The van der Waals surface area contributed by atoms with E-state index in [4.69, 9.17) is 0 Å². The standard InChI is InChI=1S/C14H20N2O2S/c1-10-12(5-4-6-13(10)16(17)18)15-11-7-14(2,3)9-19-8-11/h4-6,11,15H,7-9H2,1-3H3. The molecule has 0 radical (unpaired) electrons.